The number of thioether (sulfide) groups is 1. The standard InChI is InChI=1S/C8H16O3S/c1-10-6-11-8-2-3-12-5-7(8)4-9/h7-9H,2-6H2,1H3/t7-,8-/m1/s1. The van der Waals surface area contributed by atoms with Crippen LogP contribution in [-0.4, -0.2) is 43.2 Å². The SMILES string of the molecule is COCO[C@@H]1CCSC[C@H]1CO. The first-order chi connectivity index (χ1) is 5.88. The molecule has 1 aliphatic rings. The molecule has 1 fully saturated rings. The second-order valence-electron chi connectivity index (χ2n) is 2.92. The summed E-state index contributed by atoms with van der Waals surface area (Å²) < 4.78 is 10.3. The number of hydrogen-bond acceptors (Lipinski definition) is 4. The van der Waals surface area contributed by atoms with Gasteiger partial charge in [-0.1, -0.05) is 0 Å². The van der Waals surface area contributed by atoms with Crippen molar-refractivity contribution in [2.75, 3.05) is 32.0 Å². The summed E-state index contributed by atoms with van der Waals surface area (Å²) in [7, 11) is 1.62. The summed E-state index contributed by atoms with van der Waals surface area (Å²) in [5.41, 5.74) is 0. The molecule has 1 rings (SSSR count). The fourth-order valence-electron chi connectivity index (χ4n) is 1.32. The molecule has 0 aliphatic carbocycles. The largest absolute Gasteiger partial charge is 0.396 e. The molecule has 1 aliphatic heterocycles. The van der Waals surface area contributed by atoms with Gasteiger partial charge in [-0.25, -0.2) is 0 Å². The maximum Gasteiger partial charge on any atom is 0.146 e. The smallest absolute Gasteiger partial charge is 0.146 e. The topological polar surface area (TPSA) is 38.7 Å². The molecular formula is C8H16O3S. The molecule has 1 heterocycles. The molecule has 4 heteroatoms. The van der Waals surface area contributed by atoms with E-state index in [1.54, 1.807) is 7.11 Å². The van der Waals surface area contributed by atoms with Crippen molar-refractivity contribution in [3.05, 3.63) is 0 Å². The minimum absolute atomic E-state index is 0.191. The number of rotatable bonds is 4. The van der Waals surface area contributed by atoms with Crippen LogP contribution < -0.4 is 0 Å². The minimum Gasteiger partial charge on any atom is -0.396 e. The van der Waals surface area contributed by atoms with Crippen molar-refractivity contribution < 1.29 is 14.6 Å². The first-order valence-corrected chi connectivity index (χ1v) is 5.33. The second-order valence-corrected chi connectivity index (χ2v) is 4.07. The minimum atomic E-state index is 0.191. The Morgan fingerprint density at radius 2 is 2.42 bits per heavy atom. The first kappa shape index (κ1) is 10.3. The van der Waals surface area contributed by atoms with Crippen molar-refractivity contribution in [1.29, 1.82) is 0 Å². The Morgan fingerprint density at radius 3 is 3.08 bits per heavy atom. The molecular weight excluding hydrogens is 176 g/mol. The zero-order chi connectivity index (χ0) is 8.81. The highest BCUT2D eigenvalue weighted by molar-refractivity contribution is 7.99. The van der Waals surface area contributed by atoms with Crippen LogP contribution in [0.1, 0.15) is 6.42 Å². The predicted octanol–water partition coefficient (Wildman–Crippen LogP) is 0.721. The van der Waals surface area contributed by atoms with Gasteiger partial charge in [0.15, 0.2) is 0 Å². The number of aliphatic hydroxyl groups excluding tert-OH is 1. The molecule has 1 N–H and O–H groups in total. The van der Waals surface area contributed by atoms with Crippen molar-refractivity contribution in [2.24, 2.45) is 5.92 Å². The third kappa shape index (κ3) is 2.94. The van der Waals surface area contributed by atoms with Crippen LogP contribution in [0, 0.1) is 5.92 Å². The molecule has 3 nitrogen and oxygen atoms in total. The summed E-state index contributed by atoms with van der Waals surface area (Å²) in [4.78, 5) is 0. The molecule has 0 saturated carbocycles. The molecule has 0 bridgehead atoms. The lowest BCUT2D eigenvalue weighted by atomic mass is 10.0. The molecule has 0 aromatic rings. The first-order valence-electron chi connectivity index (χ1n) is 4.17. The van der Waals surface area contributed by atoms with Gasteiger partial charge in [-0.3, -0.25) is 0 Å². The Bertz CT molecular complexity index is 121. The van der Waals surface area contributed by atoms with Crippen molar-refractivity contribution in [3.8, 4) is 0 Å². The summed E-state index contributed by atoms with van der Waals surface area (Å²) in [6, 6.07) is 0. The fraction of sp³-hybridized carbons (Fsp3) is 1.00. The van der Waals surface area contributed by atoms with E-state index in [0.29, 0.717) is 12.7 Å². The van der Waals surface area contributed by atoms with Crippen molar-refractivity contribution in [2.45, 2.75) is 12.5 Å². The van der Waals surface area contributed by atoms with Crippen LogP contribution in [0.2, 0.25) is 0 Å². The van der Waals surface area contributed by atoms with Crippen LogP contribution in [0.5, 0.6) is 0 Å². The average molecular weight is 192 g/mol. The Labute approximate surface area is 77.4 Å². The Kier molecular flexibility index (Phi) is 4.99. The maximum absolute atomic E-state index is 9.03. The van der Waals surface area contributed by atoms with Gasteiger partial charge >= 0.3 is 0 Å². The molecule has 72 valence electrons. The van der Waals surface area contributed by atoms with Gasteiger partial charge in [0.1, 0.15) is 6.79 Å². The zero-order valence-electron chi connectivity index (χ0n) is 7.36. The van der Waals surface area contributed by atoms with Gasteiger partial charge < -0.3 is 14.6 Å². The normalized spacial score (nSPS) is 30.5. The van der Waals surface area contributed by atoms with Crippen molar-refractivity contribution in [3.63, 3.8) is 0 Å². The fourth-order valence-corrected chi connectivity index (χ4v) is 2.51. The highest BCUT2D eigenvalue weighted by Crippen LogP contribution is 2.25. The number of methoxy groups -OCH3 is 1. The van der Waals surface area contributed by atoms with E-state index in [4.69, 9.17) is 14.6 Å². The van der Waals surface area contributed by atoms with E-state index in [9.17, 15) is 0 Å². The molecule has 0 amide bonds. The Hall–Kier alpha value is 0.230. The van der Waals surface area contributed by atoms with E-state index in [2.05, 4.69) is 0 Å². The number of ether oxygens (including phenoxy) is 2. The van der Waals surface area contributed by atoms with Gasteiger partial charge in [0.2, 0.25) is 0 Å². The van der Waals surface area contributed by atoms with Crippen LogP contribution in [0.15, 0.2) is 0 Å². The summed E-state index contributed by atoms with van der Waals surface area (Å²) in [6.45, 7) is 0.563. The molecule has 2 atom stereocenters. The van der Waals surface area contributed by atoms with E-state index < -0.39 is 0 Å². The van der Waals surface area contributed by atoms with Crippen molar-refractivity contribution in [1.82, 2.24) is 0 Å². The lowest BCUT2D eigenvalue weighted by Gasteiger charge is -2.29. The van der Waals surface area contributed by atoms with Gasteiger partial charge in [0, 0.05) is 25.4 Å². The highest BCUT2D eigenvalue weighted by atomic mass is 32.2. The lowest BCUT2D eigenvalue weighted by Crippen LogP contribution is -2.33. The summed E-state index contributed by atoms with van der Waals surface area (Å²) in [6.07, 6.45) is 1.22. The monoisotopic (exact) mass is 192 g/mol. The van der Waals surface area contributed by atoms with Crippen LogP contribution >= 0.6 is 11.8 Å². The summed E-state index contributed by atoms with van der Waals surface area (Å²) in [5, 5.41) is 9.03. The highest BCUT2D eigenvalue weighted by Gasteiger charge is 2.25. The van der Waals surface area contributed by atoms with E-state index in [0.717, 1.165) is 17.9 Å². The van der Waals surface area contributed by atoms with E-state index in [1.807, 2.05) is 11.8 Å². The molecule has 0 unspecified atom stereocenters. The summed E-state index contributed by atoms with van der Waals surface area (Å²) >= 11 is 1.88. The third-order valence-electron chi connectivity index (χ3n) is 2.04. The van der Waals surface area contributed by atoms with Crippen LogP contribution in [0.4, 0.5) is 0 Å². The van der Waals surface area contributed by atoms with Crippen LogP contribution in [0.25, 0.3) is 0 Å². The quantitative estimate of drug-likeness (QED) is 0.666. The lowest BCUT2D eigenvalue weighted by molar-refractivity contribution is -0.0956. The van der Waals surface area contributed by atoms with Gasteiger partial charge in [0.05, 0.1) is 6.10 Å². The molecule has 12 heavy (non-hydrogen) atoms. The molecule has 1 saturated heterocycles. The number of hydrogen-bond donors (Lipinski definition) is 1. The summed E-state index contributed by atoms with van der Waals surface area (Å²) in [5.74, 6) is 2.43. The van der Waals surface area contributed by atoms with E-state index >= 15 is 0 Å². The van der Waals surface area contributed by atoms with Gasteiger partial charge in [0.25, 0.3) is 0 Å². The molecule has 0 radical (unpaired) electrons. The Balaban J connectivity index is 2.26. The van der Waals surface area contributed by atoms with Gasteiger partial charge in [-0.2, -0.15) is 11.8 Å². The van der Waals surface area contributed by atoms with Gasteiger partial charge in [-0.05, 0) is 12.2 Å². The molecule has 0 aromatic carbocycles. The van der Waals surface area contributed by atoms with E-state index in [-0.39, 0.29) is 12.7 Å². The van der Waals surface area contributed by atoms with Crippen molar-refractivity contribution >= 4 is 11.8 Å². The third-order valence-corrected chi connectivity index (χ3v) is 3.23. The maximum atomic E-state index is 9.03. The Morgan fingerprint density at radius 1 is 1.58 bits per heavy atom. The van der Waals surface area contributed by atoms with Gasteiger partial charge in [-0.15, -0.1) is 0 Å². The zero-order valence-corrected chi connectivity index (χ0v) is 8.18. The number of aliphatic hydroxyl groups is 1. The average Bonchev–Trinajstić information content (AvgIpc) is 2.15. The van der Waals surface area contributed by atoms with Crippen LogP contribution in [-0.2, 0) is 9.47 Å². The van der Waals surface area contributed by atoms with E-state index in [1.165, 1.54) is 0 Å². The second kappa shape index (κ2) is 5.80. The predicted molar refractivity (Wildman–Crippen MR) is 49.3 cm³/mol. The molecule has 0 aromatic heterocycles. The van der Waals surface area contributed by atoms with Crippen LogP contribution in [0.3, 0.4) is 0 Å². The molecule has 0 spiro atoms.